The van der Waals surface area contributed by atoms with E-state index in [1.165, 1.54) is 44.9 Å². The van der Waals surface area contributed by atoms with E-state index in [1.807, 2.05) is 6.07 Å². The lowest BCUT2D eigenvalue weighted by Crippen LogP contribution is -2.14. The van der Waals surface area contributed by atoms with Gasteiger partial charge >= 0.3 is 5.97 Å². The van der Waals surface area contributed by atoms with Gasteiger partial charge in [-0.25, -0.2) is 0 Å². The molecular formula is C20H31NO3. The molecule has 2 N–H and O–H groups in total. The third kappa shape index (κ3) is 8.70. The van der Waals surface area contributed by atoms with Crippen LogP contribution in [0.3, 0.4) is 0 Å². The number of ketones is 1. The number of aliphatic carboxylic acids is 1. The molecule has 0 amide bonds. The first-order valence-corrected chi connectivity index (χ1v) is 9.23. The van der Waals surface area contributed by atoms with E-state index in [-0.39, 0.29) is 12.3 Å². The molecule has 4 heteroatoms. The van der Waals surface area contributed by atoms with Crippen molar-refractivity contribution in [2.75, 3.05) is 11.9 Å². The highest BCUT2D eigenvalue weighted by Gasteiger charge is 2.11. The maximum Gasteiger partial charge on any atom is 0.322 e. The molecule has 0 heterocycles. The molecule has 0 atom stereocenters. The van der Waals surface area contributed by atoms with E-state index in [9.17, 15) is 9.59 Å². The highest BCUT2D eigenvalue weighted by atomic mass is 16.4. The van der Waals surface area contributed by atoms with Crippen LogP contribution in [-0.2, 0) is 4.79 Å². The van der Waals surface area contributed by atoms with Crippen LogP contribution < -0.4 is 5.32 Å². The molecule has 0 saturated heterocycles. The summed E-state index contributed by atoms with van der Waals surface area (Å²) in [6.45, 7) is 2.05. The number of benzene rings is 1. The summed E-state index contributed by atoms with van der Waals surface area (Å²) >= 11 is 0. The number of anilines is 1. The van der Waals surface area contributed by atoms with Crippen molar-refractivity contribution in [1.82, 2.24) is 0 Å². The Hall–Kier alpha value is -1.84. The largest absolute Gasteiger partial charge is 0.480 e. The van der Waals surface area contributed by atoms with Gasteiger partial charge in [0.15, 0.2) is 5.78 Å². The molecule has 0 bridgehead atoms. The Morgan fingerprint density at radius 3 is 2.12 bits per heavy atom. The second-order valence-electron chi connectivity index (χ2n) is 6.29. The van der Waals surface area contributed by atoms with Crippen molar-refractivity contribution < 1.29 is 14.7 Å². The van der Waals surface area contributed by atoms with Crippen LogP contribution in [0.2, 0.25) is 0 Å². The first-order valence-electron chi connectivity index (χ1n) is 9.23. The Labute approximate surface area is 145 Å². The van der Waals surface area contributed by atoms with Gasteiger partial charge in [0, 0.05) is 17.7 Å². The number of hydrogen-bond donors (Lipinski definition) is 2. The Morgan fingerprint density at radius 1 is 0.917 bits per heavy atom. The van der Waals surface area contributed by atoms with Crippen molar-refractivity contribution >= 4 is 17.4 Å². The molecule has 134 valence electrons. The van der Waals surface area contributed by atoms with E-state index < -0.39 is 5.97 Å². The third-order valence-electron chi connectivity index (χ3n) is 4.16. The van der Waals surface area contributed by atoms with E-state index >= 15 is 0 Å². The van der Waals surface area contributed by atoms with Gasteiger partial charge in [0.1, 0.15) is 6.54 Å². The lowest BCUT2D eigenvalue weighted by atomic mass is 10.0. The first-order chi connectivity index (χ1) is 11.6. The zero-order valence-electron chi connectivity index (χ0n) is 14.9. The van der Waals surface area contributed by atoms with Gasteiger partial charge in [0.25, 0.3) is 0 Å². The number of carboxylic acid groups (broad SMARTS) is 1. The average Bonchev–Trinajstić information content (AvgIpc) is 2.58. The van der Waals surface area contributed by atoms with Gasteiger partial charge in [0.05, 0.1) is 0 Å². The lowest BCUT2D eigenvalue weighted by Gasteiger charge is -2.09. The molecule has 0 aliphatic carbocycles. The van der Waals surface area contributed by atoms with Crippen molar-refractivity contribution in [2.45, 2.75) is 71.1 Å². The van der Waals surface area contributed by atoms with E-state index in [1.54, 1.807) is 18.2 Å². The molecular weight excluding hydrogens is 302 g/mol. The molecule has 0 spiro atoms. The van der Waals surface area contributed by atoms with Gasteiger partial charge in [-0.2, -0.15) is 0 Å². The predicted octanol–water partition coefficient (Wildman–Crippen LogP) is 5.29. The Bertz CT molecular complexity index is 499. The number of nitrogens with one attached hydrogen (secondary N) is 1. The van der Waals surface area contributed by atoms with Gasteiger partial charge in [-0.05, 0) is 18.6 Å². The van der Waals surface area contributed by atoms with Crippen molar-refractivity contribution in [3.8, 4) is 0 Å². The van der Waals surface area contributed by atoms with Crippen molar-refractivity contribution in [3.05, 3.63) is 29.8 Å². The van der Waals surface area contributed by atoms with Gasteiger partial charge in [-0.3, -0.25) is 9.59 Å². The summed E-state index contributed by atoms with van der Waals surface area (Å²) in [6, 6.07) is 7.14. The van der Waals surface area contributed by atoms with E-state index in [2.05, 4.69) is 12.2 Å². The van der Waals surface area contributed by atoms with Gasteiger partial charge in [-0.15, -0.1) is 0 Å². The summed E-state index contributed by atoms with van der Waals surface area (Å²) < 4.78 is 0. The quantitative estimate of drug-likeness (QED) is 0.359. The average molecular weight is 333 g/mol. The van der Waals surface area contributed by atoms with Gasteiger partial charge in [0.2, 0.25) is 0 Å². The summed E-state index contributed by atoms with van der Waals surface area (Å²) in [5.74, 6) is -0.845. The first kappa shape index (κ1) is 20.2. The van der Waals surface area contributed by atoms with Crippen LogP contribution in [0.5, 0.6) is 0 Å². The van der Waals surface area contributed by atoms with E-state index in [0.29, 0.717) is 17.7 Å². The monoisotopic (exact) mass is 333 g/mol. The molecule has 1 aromatic rings. The lowest BCUT2D eigenvalue weighted by molar-refractivity contribution is -0.134. The minimum absolute atomic E-state index is 0.0893. The number of Topliss-reactive ketones (excluding diaryl/α,β-unsaturated/α-hetero) is 1. The maximum absolute atomic E-state index is 12.3. The highest BCUT2D eigenvalue weighted by Crippen LogP contribution is 2.18. The second kappa shape index (κ2) is 12.6. The molecule has 1 rings (SSSR count). The molecule has 0 aliphatic heterocycles. The van der Waals surface area contributed by atoms with Gasteiger partial charge < -0.3 is 10.4 Å². The highest BCUT2D eigenvalue weighted by molar-refractivity contribution is 6.01. The topological polar surface area (TPSA) is 66.4 Å². The minimum atomic E-state index is -0.934. The molecule has 4 nitrogen and oxygen atoms in total. The molecule has 0 unspecified atom stereocenters. The summed E-state index contributed by atoms with van der Waals surface area (Å²) in [7, 11) is 0. The van der Waals surface area contributed by atoms with Crippen LogP contribution in [0.4, 0.5) is 5.69 Å². The fraction of sp³-hybridized carbons (Fsp3) is 0.600. The number of hydrogen-bond acceptors (Lipinski definition) is 3. The Kier molecular flexibility index (Phi) is 10.6. The fourth-order valence-electron chi connectivity index (χ4n) is 2.78. The zero-order valence-corrected chi connectivity index (χ0v) is 14.9. The Balaban J connectivity index is 2.24. The molecule has 0 saturated carbocycles. The summed E-state index contributed by atoms with van der Waals surface area (Å²) in [6.07, 6.45) is 11.6. The second-order valence-corrected chi connectivity index (χ2v) is 6.29. The number of para-hydroxylation sites is 1. The number of carbonyl (C=O) groups excluding carboxylic acids is 1. The van der Waals surface area contributed by atoms with Crippen molar-refractivity contribution in [2.24, 2.45) is 0 Å². The summed E-state index contributed by atoms with van der Waals surface area (Å²) in [4.78, 5) is 23.0. The van der Waals surface area contributed by atoms with Gasteiger partial charge in [-0.1, -0.05) is 70.4 Å². The number of unbranched alkanes of at least 4 members (excludes halogenated alkanes) is 8. The normalized spacial score (nSPS) is 10.5. The standard InChI is InChI=1S/C20H31NO3/c1-2-3-4-5-6-7-8-9-10-15-19(22)17-13-11-12-14-18(17)21-16-20(23)24/h11-14,21H,2-10,15-16H2,1H3,(H,23,24). The summed E-state index contributed by atoms with van der Waals surface area (Å²) in [5.41, 5.74) is 1.21. The van der Waals surface area contributed by atoms with Crippen LogP contribution in [-0.4, -0.2) is 23.4 Å². The number of carboxylic acids is 1. The van der Waals surface area contributed by atoms with Crippen molar-refractivity contribution in [3.63, 3.8) is 0 Å². The molecule has 0 aliphatic rings. The smallest absolute Gasteiger partial charge is 0.322 e. The zero-order chi connectivity index (χ0) is 17.6. The molecule has 24 heavy (non-hydrogen) atoms. The summed E-state index contributed by atoms with van der Waals surface area (Å²) in [5, 5.41) is 11.6. The van der Waals surface area contributed by atoms with Crippen molar-refractivity contribution in [1.29, 1.82) is 0 Å². The number of rotatable bonds is 14. The predicted molar refractivity (Wildman–Crippen MR) is 98.7 cm³/mol. The molecule has 0 fully saturated rings. The SMILES string of the molecule is CCCCCCCCCCCC(=O)c1ccccc1NCC(=O)O. The van der Waals surface area contributed by atoms with E-state index in [4.69, 9.17) is 5.11 Å². The third-order valence-corrected chi connectivity index (χ3v) is 4.16. The van der Waals surface area contributed by atoms with Crippen LogP contribution in [0.15, 0.2) is 24.3 Å². The molecule has 1 aromatic carbocycles. The fourth-order valence-corrected chi connectivity index (χ4v) is 2.78. The van der Waals surface area contributed by atoms with E-state index in [0.717, 1.165) is 12.8 Å². The number of carbonyl (C=O) groups is 2. The molecule has 0 radical (unpaired) electrons. The minimum Gasteiger partial charge on any atom is -0.480 e. The van der Waals surface area contributed by atoms with Crippen LogP contribution in [0, 0.1) is 0 Å². The maximum atomic E-state index is 12.3. The Morgan fingerprint density at radius 2 is 1.50 bits per heavy atom. The molecule has 0 aromatic heterocycles. The van der Waals surface area contributed by atoms with Crippen LogP contribution in [0.1, 0.15) is 81.5 Å². The van der Waals surface area contributed by atoms with Crippen LogP contribution in [0.25, 0.3) is 0 Å². The van der Waals surface area contributed by atoms with Crippen LogP contribution >= 0.6 is 0 Å².